The number of pyridine rings is 1. The van der Waals surface area contributed by atoms with Crippen LogP contribution in [0.2, 0.25) is 0 Å². The molecule has 0 saturated carbocycles. The van der Waals surface area contributed by atoms with E-state index in [1.54, 1.807) is 23.9 Å². The fraction of sp³-hybridized carbons (Fsp3) is 0.350. The van der Waals surface area contributed by atoms with Gasteiger partial charge < -0.3 is 10.1 Å². The number of piperidine rings is 1. The summed E-state index contributed by atoms with van der Waals surface area (Å²) in [7, 11) is -3.62. The van der Waals surface area contributed by atoms with E-state index in [1.165, 1.54) is 22.8 Å². The summed E-state index contributed by atoms with van der Waals surface area (Å²) >= 11 is 1.56. The summed E-state index contributed by atoms with van der Waals surface area (Å²) in [6.07, 6.45) is 5.45. The lowest BCUT2D eigenvalue weighted by atomic mass is 9.98. The molecule has 1 N–H and O–H groups in total. The molecule has 0 unspecified atom stereocenters. The van der Waals surface area contributed by atoms with Crippen molar-refractivity contribution in [3.63, 3.8) is 0 Å². The van der Waals surface area contributed by atoms with E-state index in [0.717, 1.165) is 4.90 Å². The Morgan fingerprint density at radius 1 is 1.23 bits per heavy atom. The maximum atomic E-state index is 12.6. The standard InChI is InChI=1S/C20H23N3O5S2/c1-29-17-5-2-4-16(12-17)22-19(24)14-28-20(25)15-7-10-23(11-8-15)30(26,27)18-6-3-9-21-13-18/h2-6,9,12-13,15H,7-8,10-11,14H2,1H3,(H,22,24). The van der Waals surface area contributed by atoms with E-state index in [2.05, 4.69) is 10.3 Å². The molecule has 160 valence electrons. The summed E-state index contributed by atoms with van der Waals surface area (Å²) in [4.78, 5) is 29.3. The highest BCUT2D eigenvalue weighted by Gasteiger charge is 2.33. The second kappa shape index (κ2) is 10.1. The second-order valence-corrected chi connectivity index (χ2v) is 9.57. The molecule has 30 heavy (non-hydrogen) atoms. The molecule has 1 fully saturated rings. The Hall–Kier alpha value is -2.43. The molecule has 1 aromatic heterocycles. The predicted octanol–water partition coefficient (Wildman–Crippen LogP) is 2.39. The zero-order valence-electron chi connectivity index (χ0n) is 16.5. The van der Waals surface area contributed by atoms with Crippen LogP contribution in [0.3, 0.4) is 0 Å². The number of ether oxygens (including phenoxy) is 1. The highest BCUT2D eigenvalue weighted by Crippen LogP contribution is 2.24. The zero-order chi connectivity index (χ0) is 21.6. The van der Waals surface area contributed by atoms with Gasteiger partial charge >= 0.3 is 5.97 Å². The van der Waals surface area contributed by atoms with Crippen molar-refractivity contribution in [2.75, 3.05) is 31.3 Å². The fourth-order valence-electron chi connectivity index (χ4n) is 3.13. The Morgan fingerprint density at radius 3 is 2.67 bits per heavy atom. The van der Waals surface area contributed by atoms with Gasteiger partial charge in [0.1, 0.15) is 4.90 Å². The highest BCUT2D eigenvalue weighted by atomic mass is 32.2. The number of rotatable bonds is 7. The number of thioether (sulfide) groups is 1. The number of benzene rings is 1. The lowest BCUT2D eigenvalue weighted by Crippen LogP contribution is -2.40. The van der Waals surface area contributed by atoms with Crippen molar-refractivity contribution in [2.45, 2.75) is 22.6 Å². The summed E-state index contributed by atoms with van der Waals surface area (Å²) in [6.45, 7) is 0.0475. The maximum absolute atomic E-state index is 12.6. The van der Waals surface area contributed by atoms with Gasteiger partial charge in [0.2, 0.25) is 10.0 Å². The maximum Gasteiger partial charge on any atom is 0.309 e. The van der Waals surface area contributed by atoms with Crippen molar-refractivity contribution in [3.05, 3.63) is 48.8 Å². The number of anilines is 1. The molecule has 2 heterocycles. The van der Waals surface area contributed by atoms with Crippen molar-refractivity contribution in [1.82, 2.24) is 9.29 Å². The molecule has 1 amide bonds. The van der Waals surface area contributed by atoms with Crippen LogP contribution in [0.25, 0.3) is 0 Å². The molecule has 8 nitrogen and oxygen atoms in total. The lowest BCUT2D eigenvalue weighted by Gasteiger charge is -2.29. The largest absolute Gasteiger partial charge is 0.455 e. The lowest BCUT2D eigenvalue weighted by molar-refractivity contribution is -0.152. The summed E-state index contributed by atoms with van der Waals surface area (Å²) in [5, 5.41) is 2.70. The molecular formula is C20H23N3O5S2. The van der Waals surface area contributed by atoms with E-state index in [0.29, 0.717) is 18.5 Å². The van der Waals surface area contributed by atoms with Gasteiger partial charge in [-0.2, -0.15) is 4.31 Å². The number of amides is 1. The number of aromatic nitrogens is 1. The number of hydrogen-bond acceptors (Lipinski definition) is 7. The number of carbonyl (C=O) groups excluding carboxylic acids is 2. The van der Waals surface area contributed by atoms with Gasteiger partial charge in [-0.15, -0.1) is 11.8 Å². The van der Waals surface area contributed by atoms with E-state index in [1.807, 2.05) is 24.5 Å². The first-order chi connectivity index (χ1) is 14.4. The monoisotopic (exact) mass is 449 g/mol. The number of nitrogens with zero attached hydrogens (tertiary/aromatic N) is 2. The molecule has 10 heteroatoms. The third-order valence-corrected chi connectivity index (χ3v) is 7.37. The number of hydrogen-bond donors (Lipinski definition) is 1. The highest BCUT2D eigenvalue weighted by molar-refractivity contribution is 7.98. The van der Waals surface area contributed by atoms with Crippen LogP contribution < -0.4 is 5.32 Å². The van der Waals surface area contributed by atoms with Crippen LogP contribution in [0.5, 0.6) is 0 Å². The number of esters is 1. The van der Waals surface area contributed by atoms with Gasteiger partial charge in [0, 0.05) is 36.1 Å². The number of carbonyl (C=O) groups is 2. The molecule has 1 saturated heterocycles. The molecule has 1 aliphatic heterocycles. The Balaban J connectivity index is 1.46. The Morgan fingerprint density at radius 2 is 2.00 bits per heavy atom. The number of sulfonamides is 1. The second-order valence-electron chi connectivity index (χ2n) is 6.75. The van der Waals surface area contributed by atoms with Crippen molar-refractivity contribution in [1.29, 1.82) is 0 Å². The van der Waals surface area contributed by atoms with E-state index in [-0.39, 0.29) is 24.6 Å². The molecule has 3 rings (SSSR count). The predicted molar refractivity (Wildman–Crippen MR) is 114 cm³/mol. The third kappa shape index (κ3) is 5.59. The molecule has 2 aromatic rings. The van der Waals surface area contributed by atoms with Gasteiger partial charge in [-0.3, -0.25) is 14.6 Å². The quantitative estimate of drug-likeness (QED) is 0.511. The summed E-state index contributed by atoms with van der Waals surface area (Å²) < 4.78 is 31.7. The van der Waals surface area contributed by atoms with Gasteiger partial charge in [0.15, 0.2) is 6.61 Å². The molecule has 0 bridgehead atoms. The van der Waals surface area contributed by atoms with E-state index < -0.39 is 27.8 Å². The van der Waals surface area contributed by atoms with Crippen LogP contribution in [-0.2, 0) is 24.3 Å². The topological polar surface area (TPSA) is 106 Å². The van der Waals surface area contributed by atoms with Gasteiger partial charge in [-0.25, -0.2) is 8.42 Å². The minimum Gasteiger partial charge on any atom is -0.455 e. The first-order valence-electron chi connectivity index (χ1n) is 9.41. The Kier molecular flexibility index (Phi) is 7.46. The molecule has 0 atom stereocenters. The molecule has 1 aliphatic rings. The fourth-order valence-corrected chi connectivity index (χ4v) is 5.03. The summed E-state index contributed by atoms with van der Waals surface area (Å²) in [5.74, 6) is -1.34. The molecule has 1 aromatic carbocycles. The van der Waals surface area contributed by atoms with Crippen LogP contribution in [0.4, 0.5) is 5.69 Å². The minimum absolute atomic E-state index is 0.133. The normalized spacial score (nSPS) is 15.5. The summed E-state index contributed by atoms with van der Waals surface area (Å²) in [5.41, 5.74) is 0.636. The van der Waals surface area contributed by atoms with Crippen LogP contribution in [0.15, 0.2) is 58.6 Å². The van der Waals surface area contributed by atoms with Gasteiger partial charge in [0.25, 0.3) is 5.91 Å². The van der Waals surface area contributed by atoms with E-state index in [4.69, 9.17) is 4.74 Å². The molecule has 0 aliphatic carbocycles. The summed E-state index contributed by atoms with van der Waals surface area (Å²) in [6, 6.07) is 10.4. The van der Waals surface area contributed by atoms with Crippen molar-refractivity contribution >= 4 is 39.3 Å². The van der Waals surface area contributed by atoms with Crippen molar-refractivity contribution < 1.29 is 22.7 Å². The Bertz CT molecular complexity index is 991. The van der Waals surface area contributed by atoms with Crippen LogP contribution >= 0.6 is 11.8 Å². The zero-order valence-corrected chi connectivity index (χ0v) is 18.1. The first-order valence-corrected chi connectivity index (χ1v) is 12.1. The smallest absolute Gasteiger partial charge is 0.309 e. The number of nitrogens with one attached hydrogen (secondary N) is 1. The van der Waals surface area contributed by atoms with E-state index in [9.17, 15) is 18.0 Å². The molecular weight excluding hydrogens is 426 g/mol. The van der Waals surface area contributed by atoms with Crippen LogP contribution in [0.1, 0.15) is 12.8 Å². The average molecular weight is 450 g/mol. The molecule has 0 spiro atoms. The minimum atomic E-state index is -3.62. The van der Waals surface area contributed by atoms with Gasteiger partial charge in [0.05, 0.1) is 5.92 Å². The van der Waals surface area contributed by atoms with Crippen LogP contribution in [0, 0.1) is 5.92 Å². The van der Waals surface area contributed by atoms with Crippen LogP contribution in [-0.4, -0.2) is 55.5 Å². The van der Waals surface area contributed by atoms with Crippen molar-refractivity contribution in [3.8, 4) is 0 Å². The SMILES string of the molecule is CSc1cccc(NC(=O)COC(=O)C2CCN(S(=O)(=O)c3cccnc3)CC2)c1. The van der Waals surface area contributed by atoms with Crippen molar-refractivity contribution in [2.24, 2.45) is 5.92 Å². The third-order valence-electron chi connectivity index (χ3n) is 4.76. The molecule has 0 radical (unpaired) electrons. The van der Waals surface area contributed by atoms with E-state index >= 15 is 0 Å². The first kappa shape index (κ1) is 22.3. The average Bonchev–Trinajstić information content (AvgIpc) is 2.78. The Labute approximate surface area is 180 Å². The van der Waals surface area contributed by atoms with Gasteiger partial charge in [-0.1, -0.05) is 6.07 Å². The van der Waals surface area contributed by atoms with Gasteiger partial charge in [-0.05, 0) is 49.4 Å².